The van der Waals surface area contributed by atoms with Crippen LogP contribution in [-0.2, 0) is 6.54 Å². The fraction of sp³-hybridized carbons (Fsp3) is 0.769. The van der Waals surface area contributed by atoms with E-state index in [0.717, 1.165) is 13.1 Å². The average molecular weight is 253 g/mol. The molecule has 4 heteroatoms. The lowest BCUT2D eigenvalue weighted by Crippen LogP contribution is -2.36. The maximum absolute atomic E-state index is 6.21. The van der Waals surface area contributed by atoms with Crippen LogP contribution in [0.25, 0.3) is 0 Å². The van der Waals surface area contributed by atoms with Crippen molar-refractivity contribution < 1.29 is 0 Å². The van der Waals surface area contributed by atoms with Gasteiger partial charge in [-0.2, -0.15) is 0 Å². The maximum Gasteiger partial charge on any atom is 0.107 e. The van der Waals surface area contributed by atoms with E-state index in [4.69, 9.17) is 5.73 Å². The van der Waals surface area contributed by atoms with Crippen molar-refractivity contribution in [2.75, 3.05) is 6.54 Å². The lowest BCUT2D eigenvalue weighted by molar-refractivity contribution is 0.374. The molecule has 3 N–H and O–H groups in total. The average Bonchev–Trinajstić information content (AvgIpc) is 2.61. The molecule has 17 heavy (non-hydrogen) atoms. The summed E-state index contributed by atoms with van der Waals surface area (Å²) in [7, 11) is 0. The molecule has 1 fully saturated rings. The van der Waals surface area contributed by atoms with Crippen LogP contribution in [0, 0.1) is 12.8 Å². The first-order valence-electron chi connectivity index (χ1n) is 6.63. The van der Waals surface area contributed by atoms with Gasteiger partial charge in [0.1, 0.15) is 5.01 Å². The molecule has 96 valence electrons. The highest BCUT2D eigenvalue weighted by Crippen LogP contribution is 2.21. The summed E-state index contributed by atoms with van der Waals surface area (Å²) in [4.78, 5) is 5.65. The van der Waals surface area contributed by atoms with Crippen molar-refractivity contribution in [2.45, 2.75) is 51.6 Å². The number of aromatic nitrogens is 1. The molecule has 1 aromatic heterocycles. The van der Waals surface area contributed by atoms with Crippen LogP contribution in [0.3, 0.4) is 0 Å². The van der Waals surface area contributed by atoms with Gasteiger partial charge in [-0.05, 0) is 32.2 Å². The van der Waals surface area contributed by atoms with Crippen LogP contribution >= 0.6 is 11.3 Å². The van der Waals surface area contributed by atoms with E-state index < -0.39 is 0 Å². The van der Waals surface area contributed by atoms with E-state index in [0.29, 0.717) is 12.0 Å². The first-order chi connectivity index (χ1) is 8.25. The van der Waals surface area contributed by atoms with Gasteiger partial charge in [-0.25, -0.2) is 4.98 Å². The Labute approximate surface area is 108 Å². The third kappa shape index (κ3) is 4.05. The number of nitrogens with two attached hydrogens (primary N) is 1. The van der Waals surface area contributed by atoms with E-state index >= 15 is 0 Å². The van der Waals surface area contributed by atoms with E-state index in [-0.39, 0.29) is 0 Å². The number of nitrogens with zero attached hydrogens (tertiary/aromatic N) is 1. The fourth-order valence-corrected chi connectivity index (χ4v) is 3.27. The van der Waals surface area contributed by atoms with Crippen LogP contribution in [0.5, 0.6) is 0 Å². The molecule has 3 nitrogen and oxygen atoms in total. The van der Waals surface area contributed by atoms with Crippen LogP contribution in [0.4, 0.5) is 0 Å². The Bertz CT molecular complexity index is 337. The molecule has 0 aliphatic heterocycles. The Morgan fingerprint density at radius 3 is 3.00 bits per heavy atom. The van der Waals surface area contributed by atoms with Crippen LogP contribution in [0.1, 0.15) is 42.0 Å². The highest BCUT2D eigenvalue weighted by atomic mass is 32.1. The summed E-state index contributed by atoms with van der Waals surface area (Å²) in [5.41, 5.74) is 6.21. The Hall–Kier alpha value is -0.450. The van der Waals surface area contributed by atoms with Crippen molar-refractivity contribution in [3.8, 4) is 0 Å². The second kappa shape index (κ2) is 6.47. The molecule has 0 radical (unpaired) electrons. The second-order valence-electron chi connectivity index (χ2n) is 5.06. The third-order valence-electron chi connectivity index (χ3n) is 3.57. The fourth-order valence-electron chi connectivity index (χ4n) is 2.51. The minimum Gasteiger partial charge on any atom is -0.327 e. The quantitative estimate of drug-likeness (QED) is 0.810. The minimum atomic E-state index is 0.392. The molecule has 0 bridgehead atoms. The van der Waals surface area contributed by atoms with Gasteiger partial charge in [0.05, 0.1) is 0 Å². The summed E-state index contributed by atoms with van der Waals surface area (Å²) in [5, 5.41) is 4.70. The second-order valence-corrected chi connectivity index (χ2v) is 6.38. The summed E-state index contributed by atoms with van der Waals surface area (Å²) in [6, 6.07) is 0.392. The first kappa shape index (κ1) is 13.0. The van der Waals surface area contributed by atoms with Gasteiger partial charge in [-0.15, -0.1) is 11.3 Å². The molecule has 0 amide bonds. The lowest BCUT2D eigenvalue weighted by Gasteiger charge is -2.21. The number of rotatable bonds is 4. The van der Waals surface area contributed by atoms with Crippen molar-refractivity contribution in [1.29, 1.82) is 0 Å². The van der Waals surface area contributed by atoms with Gasteiger partial charge in [0.15, 0.2) is 0 Å². The van der Waals surface area contributed by atoms with Gasteiger partial charge in [0.25, 0.3) is 0 Å². The zero-order chi connectivity index (χ0) is 12.1. The highest BCUT2D eigenvalue weighted by molar-refractivity contribution is 7.11. The van der Waals surface area contributed by atoms with Crippen molar-refractivity contribution in [3.63, 3.8) is 0 Å². The molecule has 0 aromatic carbocycles. The molecule has 0 saturated heterocycles. The molecule has 1 aliphatic carbocycles. The Kier molecular flexibility index (Phi) is 4.95. The molecule has 1 aromatic rings. The summed E-state index contributed by atoms with van der Waals surface area (Å²) in [5.74, 6) is 0.651. The molecule has 2 atom stereocenters. The SMILES string of the molecule is Cc1cnc(CNCC2CCCCCC2N)s1. The molecule has 1 heterocycles. The maximum atomic E-state index is 6.21. The van der Waals surface area contributed by atoms with Crippen LogP contribution in [0.2, 0.25) is 0 Å². The Morgan fingerprint density at radius 1 is 1.41 bits per heavy atom. The van der Waals surface area contributed by atoms with Gasteiger partial charge < -0.3 is 11.1 Å². The van der Waals surface area contributed by atoms with Gasteiger partial charge >= 0.3 is 0 Å². The number of hydrogen-bond acceptors (Lipinski definition) is 4. The number of aryl methyl sites for hydroxylation is 1. The van der Waals surface area contributed by atoms with Crippen LogP contribution in [-0.4, -0.2) is 17.6 Å². The number of hydrogen-bond donors (Lipinski definition) is 2. The molecule has 2 unspecified atom stereocenters. The summed E-state index contributed by atoms with van der Waals surface area (Å²) >= 11 is 1.77. The smallest absolute Gasteiger partial charge is 0.107 e. The molecule has 0 spiro atoms. The predicted octanol–water partition coefficient (Wildman–Crippen LogP) is 2.45. The first-order valence-corrected chi connectivity index (χ1v) is 7.45. The van der Waals surface area contributed by atoms with Crippen molar-refractivity contribution >= 4 is 11.3 Å². The standard InChI is InChI=1S/C13H23N3S/c1-10-7-16-13(17-10)9-15-8-11-5-3-2-4-6-12(11)14/h7,11-12,15H,2-6,8-9,14H2,1H3. The molecule has 2 rings (SSSR count). The summed E-state index contributed by atoms with van der Waals surface area (Å²) < 4.78 is 0. The monoisotopic (exact) mass is 253 g/mol. The predicted molar refractivity (Wildman–Crippen MR) is 73.1 cm³/mol. The largest absolute Gasteiger partial charge is 0.327 e. The zero-order valence-electron chi connectivity index (χ0n) is 10.6. The van der Waals surface area contributed by atoms with Gasteiger partial charge in [0.2, 0.25) is 0 Å². The van der Waals surface area contributed by atoms with E-state index in [9.17, 15) is 0 Å². The Balaban J connectivity index is 1.73. The summed E-state index contributed by atoms with van der Waals surface area (Å²) in [6.07, 6.45) is 8.43. The van der Waals surface area contributed by atoms with E-state index in [1.165, 1.54) is 42.0 Å². The van der Waals surface area contributed by atoms with Crippen molar-refractivity contribution in [2.24, 2.45) is 11.7 Å². The highest BCUT2D eigenvalue weighted by Gasteiger charge is 2.19. The van der Waals surface area contributed by atoms with Crippen molar-refractivity contribution in [1.82, 2.24) is 10.3 Å². The van der Waals surface area contributed by atoms with Crippen LogP contribution in [0.15, 0.2) is 6.20 Å². The number of thiazole rings is 1. The van der Waals surface area contributed by atoms with E-state index in [1.54, 1.807) is 11.3 Å². The third-order valence-corrected chi connectivity index (χ3v) is 4.48. The minimum absolute atomic E-state index is 0.392. The summed E-state index contributed by atoms with van der Waals surface area (Å²) in [6.45, 7) is 4.03. The van der Waals surface area contributed by atoms with Crippen molar-refractivity contribution in [3.05, 3.63) is 16.1 Å². The van der Waals surface area contributed by atoms with E-state index in [2.05, 4.69) is 17.2 Å². The zero-order valence-corrected chi connectivity index (χ0v) is 11.4. The molecular weight excluding hydrogens is 230 g/mol. The van der Waals surface area contributed by atoms with Crippen LogP contribution < -0.4 is 11.1 Å². The molecule has 1 aliphatic rings. The molecule has 1 saturated carbocycles. The van der Waals surface area contributed by atoms with Gasteiger partial charge in [0, 0.05) is 23.7 Å². The van der Waals surface area contributed by atoms with Gasteiger partial charge in [-0.1, -0.05) is 19.3 Å². The Morgan fingerprint density at radius 2 is 2.24 bits per heavy atom. The van der Waals surface area contributed by atoms with E-state index in [1.807, 2.05) is 6.20 Å². The topological polar surface area (TPSA) is 50.9 Å². The normalized spacial score (nSPS) is 25.8. The van der Waals surface area contributed by atoms with Gasteiger partial charge in [-0.3, -0.25) is 0 Å². The lowest BCUT2D eigenvalue weighted by atomic mass is 9.95. The molecular formula is C13H23N3S. The number of nitrogens with one attached hydrogen (secondary N) is 1.